The normalized spacial score (nSPS) is 15.3. The van der Waals surface area contributed by atoms with E-state index in [1.807, 2.05) is 18.2 Å². The highest BCUT2D eigenvalue weighted by atomic mass is 79.9. The lowest BCUT2D eigenvalue weighted by Crippen LogP contribution is -2.22. The first-order valence-corrected chi connectivity index (χ1v) is 6.65. The molecule has 0 saturated heterocycles. The lowest BCUT2D eigenvalue weighted by Gasteiger charge is -2.08. The monoisotopic (exact) mass is 333 g/mol. The van der Waals surface area contributed by atoms with Gasteiger partial charge < -0.3 is 10.1 Å². The van der Waals surface area contributed by atoms with Crippen LogP contribution in [0.3, 0.4) is 0 Å². The van der Waals surface area contributed by atoms with Gasteiger partial charge in [0, 0.05) is 17.1 Å². The predicted octanol–water partition coefficient (Wildman–Crippen LogP) is 3.34. The Morgan fingerprint density at radius 3 is 2.80 bits per heavy atom. The molecule has 4 heteroatoms. The SMILES string of the molecule is Brc1ccc(OCCNC2CC2)c(Br)c1. The van der Waals surface area contributed by atoms with Gasteiger partial charge in [0.1, 0.15) is 12.4 Å². The maximum absolute atomic E-state index is 5.64. The molecule has 1 aromatic carbocycles. The molecule has 0 radical (unpaired) electrons. The number of benzene rings is 1. The van der Waals surface area contributed by atoms with E-state index in [9.17, 15) is 0 Å². The van der Waals surface area contributed by atoms with E-state index in [0.717, 1.165) is 33.9 Å². The fourth-order valence-corrected chi connectivity index (χ4v) is 2.47. The lowest BCUT2D eigenvalue weighted by atomic mass is 10.3. The summed E-state index contributed by atoms with van der Waals surface area (Å²) in [4.78, 5) is 0. The zero-order valence-electron chi connectivity index (χ0n) is 8.30. The summed E-state index contributed by atoms with van der Waals surface area (Å²) in [7, 11) is 0. The van der Waals surface area contributed by atoms with E-state index in [1.165, 1.54) is 12.8 Å². The van der Waals surface area contributed by atoms with Gasteiger partial charge in [-0.2, -0.15) is 0 Å². The van der Waals surface area contributed by atoms with Gasteiger partial charge in [-0.1, -0.05) is 15.9 Å². The van der Waals surface area contributed by atoms with Crippen molar-refractivity contribution in [1.82, 2.24) is 5.32 Å². The number of nitrogens with one attached hydrogen (secondary N) is 1. The van der Waals surface area contributed by atoms with Crippen LogP contribution in [-0.4, -0.2) is 19.2 Å². The molecule has 0 unspecified atom stereocenters. The minimum atomic E-state index is 0.719. The van der Waals surface area contributed by atoms with Crippen molar-refractivity contribution >= 4 is 31.9 Å². The molecule has 0 amide bonds. The topological polar surface area (TPSA) is 21.3 Å². The van der Waals surface area contributed by atoms with Crippen molar-refractivity contribution in [2.75, 3.05) is 13.2 Å². The average molecular weight is 335 g/mol. The minimum Gasteiger partial charge on any atom is -0.491 e. The van der Waals surface area contributed by atoms with Crippen molar-refractivity contribution < 1.29 is 4.74 Å². The molecule has 0 aliphatic heterocycles. The zero-order chi connectivity index (χ0) is 10.7. The van der Waals surface area contributed by atoms with Crippen molar-refractivity contribution in [1.29, 1.82) is 0 Å². The van der Waals surface area contributed by atoms with Gasteiger partial charge in [-0.15, -0.1) is 0 Å². The van der Waals surface area contributed by atoms with Crippen molar-refractivity contribution in [3.8, 4) is 5.75 Å². The first-order valence-electron chi connectivity index (χ1n) is 5.07. The first kappa shape index (κ1) is 11.4. The van der Waals surface area contributed by atoms with E-state index < -0.39 is 0 Å². The molecule has 1 aliphatic carbocycles. The van der Waals surface area contributed by atoms with E-state index in [1.54, 1.807) is 0 Å². The van der Waals surface area contributed by atoms with Crippen LogP contribution in [-0.2, 0) is 0 Å². The van der Waals surface area contributed by atoms with Gasteiger partial charge in [-0.25, -0.2) is 0 Å². The molecule has 0 atom stereocenters. The highest BCUT2D eigenvalue weighted by Gasteiger charge is 2.19. The summed E-state index contributed by atoms with van der Waals surface area (Å²) in [6, 6.07) is 6.69. The third-order valence-corrected chi connectivity index (χ3v) is 3.38. The molecule has 2 rings (SSSR count). The van der Waals surface area contributed by atoms with E-state index in [2.05, 4.69) is 37.2 Å². The second kappa shape index (κ2) is 5.32. The van der Waals surface area contributed by atoms with Gasteiger partial charge in [0.15, 0.2) is 0 Å². The highest BCUT2D eigenvalue weighted by Crippen LogP contribution is 2.28. The number of hydrogen-bond acceptors (Lipinski definition) is 2. The van der Waals surface area contributed by atoms with Crippen LogP contribution in [0.4, 0.5) is 0 Å². The smallest absolute Gasteiger partial charge is 0.133 e. The summed E-state index contributed by atoms with van der Waals surface area (Å²) in [5.74, 6) is 0.899. The summed E-state index contributed by atoms with van der Waals surface area (Å²) >= 11 is 6.87. The Labute approximate surface area is 107 Å². The maximum Gasteiger partial charge on any atom is 0.133 e. The van der Waals surface area contributed by atoms with E-state index in [-0.39, 0.29) is 0 Å². The third kappa shape index (κ3) is 3.78. The van der Waals surface area contributed by atoms with Crippen LogP contribution < -0.4 is 10.1 Å². The molecular formula is C11H13Br2NO. The Balaban J connectivity index is 1.76. The van der Waals surface area contributed by atoms with Crippen LogP contribution in [0, 0.1) is 0 Å². The average Bonchev–Trinajstić information content (AvgIpc) is 2.99. The largest absolute Gasteiger partial charge is 0.491 e. The van der Waals surface area contributed by atoms with Crippen LogP contribution in [0.5, 0.6) is 5.75 Å². The van der Waals surface area contributed by atoms with Crippen LogP contribution in [0.15, 0.2) is 27.1 Å². The molecule has 1 N–H and O–H groups in total. The number of ether oxygens (including phenoxy) is 1. The van der Waals surface area contributed by atoms with Gasteiger partial charge in [-0.05, 0) is 47.0 Å². The molecule has 0 spiro atoms. The molecule has 1 aromatic rings. The molecule has 1 aliphatic rings. The van der Waals surface area contributed by atoms with Gasteiger partial charge in [0.05, 0.1) is 4.47 Å². The molecule has 0 aromatic heterocycles. The second-order valence-electron chi connectivity index (χ2n) is 3.65. The van der Waals surface area contributed by atoms with Crippen LogP contribution in [0.1, 0.15) is 12.8 Å². The Hall–Kier alpha value is -0.0600. The quantitative estimate of drug-likeness (QED) is 0.834. The van der Waals surface area contributed by atoms with Gasteiger partial charge in [0.25, 0.3) is 0 Å². The molecule has 15 heavy (non-hydrogen) atoms. The van der Waals surface area contributed by atoms with Crippen molar-refractivity contribution in [2.24, 2.45) is 0 Å². The van der Waals surface area contributed by atoms with Gasteiger partial charge >= 0.3 is 0 Å². The van der Waals surface area contributed by atoms with Crippen molar-refractivity contribution in [3.05, 3.63) is 27.1 Å². The van der Waals surface area contributed by atoms with Crippen LogP contribution in [0.2, 0.25) is 0 Å². The Bertz CT molecular complexity index is 339. The van der Waals surface area contributed by atoms with Crippen molar-refractivity contribution in [3.63, 3.8) is 0 Å². The molecule has 2 nitrogen and oxygen atoms in total. The fraction of sp³-hybridized carbons (Fsp3) is 0.455. The molecule has 82 valence electrons. The Morgan fingerprint density at radius 2 is 2.13 bits per heavy atom. The first-order chi connectivity index (χ1) is 7.25. The summed E-state index contributed by atoms with van der Waals surface area (Å²) in [5, 5.41) is 3.41. The van der Waals surface area contributed by atoms with Gasteiger partial charge in [0.2, 0.25) is 0 Å². The number of hydrogen-bond donors (Lipinski definition) is 1. The standard InChI is InChI=1S/C11H13Br2NO/c12-8-1-4-11(10(13)7-8)15-6-5-14-9-2-3-9/h1,4,7,9,14H,2-3,5-6H2. The predicted molar refractivity (Wildman–Crippen MR) is 68.4 cm³/mol. The van der Waals surface area contributed by atoms with E-state index in [0.29, 0.717) is 0 Å². The third-order valence-electron chi connectivity index (χ3n) is 2.26. The molecule has 1 saturated carbocycles. The Kier molecular flexibility index (Phi) is 4.05. The summed E-state index contributed by atoms with van der Waals surface area (Å²) in [6.45, 7) is 1.64. The van der Waals surface area contributed by atoms with Crippen LogP contribution in [0.25, 0.3) is 0 Å². The molecular weight excluding hydrogens is 322 g/mol. The summed E-state index contributed by atoms with van der Waals surface area (Å²) in [6.07, 6.45) is 2.64. The Morgan fingerprint density at radius 1 is 1.33 bits per heavy atom. The second-order valence-corrected chi connectivity index (χ2v) is 5.42. The highest BCUT2D eigenvalue weighted by molar-refractivity contribution is 9.11. The number of halogens is 2. The maximum atomic E-state index is 5.64. The minimum absolute atomic E-state index is 0.719. The lowest BCUT2D eigenvalue weighted by molar-refractivity contribution is 0.311. The fourth-order valence-electron chi connectivity index (χ4n) is 1.30. The van der Waals surface area contributed by atoms with Gasteiger partial charge in [-0.3, -0.25) is 0 Å². The zero-order valence-corrected chi connectivity index (χ0v) is 11.5. The summed E-state index contributed by atoms with van der Waals surface area (Å²) in [5.41, 5.74) is 0. The van der Waals surface area contributed by atoms with Crippen LogP contribution >= 0.6 is 31.9 Å². The number of rotatable bonds is 5. The van der Waals surface area contributed by atoms with E-state index in [4.69, 9.17) is 4.74 Å². The molecule has 0 heterocycles. The summed E-state index contributed by atoms with van der Waals surface area (Å²) < 4.78 is 7.68. The molecule has 0 bridgehead atoms. The van der Waals surface area contributed by atoms with E-state index >= 15 is 0 Å². The molecule has 1 fully saturated rings. The van der Waals surface area contributed by atoms with Crippen molar-refractivity contribution in [2.45, 2.75) is 18.9 Å².